The number of hydrogen-bond acceptors (Lipinski definition) is 4. The summed E-state index contributed by atoms with van der Waals surface area (Å²) >= 11 is 0. The number of carboxylic acids is 1. The van der Waals surface area contributed by atoms with Crippen molar-refractivity contribution in [1.29, 1.82) is 0 Å². The fourth-order valence-corrected chi connectivity index (χ4v) is 2.33. The third kappa shape index (κ3) is 4.72. The topological polar surface area (TPSA) is 67.8 Å². The Morgan fingerprint density at radius 3 is 2.65 bits per heavy atom. The molecule has 0 radical (unpaired) electrons. The first-order chi connectivity index (χ1) is 11.1. The first-order valence-corrected chi connectivity index (χ1v) is 7.38. The van der Waals surface area contributed by atoms with Gasteiger partial charge in [-0.2, -0.15) is 0 Å². The van der Waals surface area contributed by atoms with Crippen LogP contribution < -0.4 is 14.8 Å². The van der Waals surface area contributed by atoms with E-state index in [1.807, 2.05) is 24.3 Å². The molecule has 0 fully saturated rings. The van der Waals surface area contributed by atoms with Crippen molar-refractivity contribution in [3.05, 3.63) is 59.2 Å². The van der Waals surface area contributed by atoms with E-state index in [0.717, 1.165) is 35.6 Å². The van der Waals surface area contributed by atoms with Crippen LogP contribution in [0.2, 0.25) is 0 Å². The Bertz CT molecular complexity index is 670. The van der Waals surface area contributed by atoms with Gasteiger partial charge in [-0.05, 0) is 42.3 Å². The van der Waals surface area contributed by atoms with Crippen molar-refractivity contribution < 1.29 is 19.4 Å². The van der Waals surface area contributed by atoms with Crippen LogP contribution in [0.1, 0.15) is 21.5 Å². The number of aromatic carboxylic acids is 1. The molecule has 0 unspecified atom stereocenters. The average molecular weight is 315 g/mol. The molecule has 2 aromatic carbocycles. The highest BCUT2D eigenvalue weighted by atomic mass is 16.5. The number of hydrogen-bond donors (Lipinski definition) is 2. The molecule has 0 aliphatic heterocycles. The smallest absolute Gasteiger partial charge is 0.335 e. The second-order valence-corrected chi connectivity index (χ2v) is 5.11. The van der Waals surface area contributed by atoms with Gasteiger partial charge in [-0.25, -0.2) is 4.79 Å². The number of methoxy groups -OCH3 is 2. The summed E-state index contributed by atoms with van der Waals surface area (Å²) in [5.41, 5.74) is 2.35. The molecular weight excluding hydrogens is 294 g/mol. The summed E-state index contributed by atoms with van der Waals surface area (Å²) in [6.45, 7) is 1.39. The quantitative estimate of drug-likeness (QED) is 0.733. The van der Waals surface area contributed by atoms with Gasteiger partial charge in [-0.15, -0.1) is 0 Å². The minimum atomic E-state index is -0.908. The van der Waals surface area contributed by atoms with Gasteiger partial charge < -0.3 is 19.9 Å². The summed E-state index contributed by atoms with van der Waals surface area (Å²) in [5.74, 6) is 0.665. The van der Waals surface area contributed by atoms with Gasteiger partial charge in [0.2, 0.25) is 0 Å². The maximum atomic E-state index is 10.9. The lowest BCUT2D eigenvalue weighted by Gasteiger charge is -2.11. The Labute approximate surface area is 135 Å². The summed E-state index contributed by atoms with van der Waals surface area (Å²) < 4.78 is 10.6. The molecule has 0 aliphatic carbocycles. The summed E-state index contributed by atoms with van der Waals surface area (Å²) in [4.78, 5) is 10.9. The van der Waals surface area contributed by atoms with Crippen molar-refractivity contribution >= 4 is 5.97 Å². The van der Waals surface area contributed by atoms with Crippen LogP contribution in [0, 0.1) is 0 Å². The van der Waals surface area contributed by atoms with E-state index in [-0.39, 0.29) is 0 Å². The molecule has 0 amide bonds. The van der Waals surface area contributed by atoms with Crippen molar-refractivity contribution in [3.63, 3.8) is 0 Å². The van der Waals surface area contributed by atoms with E-state index in [1.165, 1.54) is 0 Å². The Morgan fingerprint density at radius 2 is 1.96 bits per heavy atom. The van der Waals surface area contributed by atoms with Crippen molar-refractivity contribution in [3.8, 4) is 11.5 Å². The van der Waals surface area contributed by atoms with E-state index in [0.29, 0.717) is 12.1 Å². The lowest BCUT2D eigenvalue weighted by atomic mass is 10.1. The van der Waals surface area contributed by atoms with Crippen molar-refractivity contribution in [2.45, 2.75) is 13.0 Å². The second kappa shape index (κ2) is 8.19. The molecular formula is C18H21NO4. The number of carboxylic acid groups (broad SMARTS) is 1. The Kier molecular flexibility index (Phi) is 6.00. The first-order valence-electron chi connectivity index (χ1n) is 7.38. The van der Waals surface area contributed by atoms with E-state index >= 15 is 0 Å². The molecule has 0 spiro atoms. The number of rotatable bonds is 8. The molecule has 122 valence electrons. The number of benzene rings is 2. The molecule has 2 aromatic rings. The van der Waals surface area contributed by atoms with Gasteiger partial charge >= 0.3 is 5.97 Å². The zero-order valence-electron chi connectivity index (χ0n) is 13.3. The highest BCUT2D eigenvalue weighted by molar-refractivity contribution is 5.87. The third-order valence-corrected chi connectivity index (χ3v) is 3.57. The Hall–Kier alpha value is -2.53. The molecule has 0 bridgehead atoms. The predicted molar refractivity (Wildman–Crippen MR) is 88.4 cm³/mol. The average Bonchev–Trinajstić information content (AvgIpc) is 2.59. The van der Waals surface area contributed by atoms with Gasteiger partial charge in [0.05, 0.1) is 19.8 Å². The second-order valence-electron chi connectivity index (χ2n) is 5.11. The lowest BCUT2D eigenvalue weighted by Crippen LogP contribution is -2.17. The van der Waals surface area contributed by atoms with Gasteiger partial charge in [0.15, 0.2) is 0 Å². The van der Waals surface area contributed by atoms with Crippen LogP contribution >= 0.6 is 0 Å². The van der Waals surface area contributed by atoms with Gasteiger partial charge in [-0.3, -0.25) is 0 Å². The van der Waals surface area contributed by atoms with Crippen LogP contribution in [0.5, 0.6) is 11.5 Å². The third-order valence-electron chi connectivity index (χ3n) is 3.57. The van der Waals surface area contributed by atoms with Crippen LogP contribution in [0.25, 0.3) is 0 Å². The summed E-state index contributed by atoms with van der Waals surface area (Å²) in [6, 6.07) is 12.7. The molecule has 5 nitrogen and oxygen atoms in total. The molecule has 0 heterocycles. The summed E-state index contributed by atoms with van der Waals surface area (Å²) in [6.07, 6.45) is 0.811. The lowest BCUT2D eigenvalue weighted by molar-refractivity contribution is 0.0696. The number of carbonyl (C=O) groups is 1. The first kappa shape index (κ1) is 16.8. The zero-order chi connectivity index (χ0) is 16.7. The highest BCUT2D eigenvalue weighted by Crippen LogP contribution is 2.24. The minimum Gasteiger partial charge on any atom is -0.497 e. The van der Waals surface area contributed by atoms with E-state index in [4.69, 9.17) is 14.6 Å². The van der Waals surface area contributed by atoms with Gasteiger partial charge in [0.1, 0.15) is 11.5 Å². The normalized spacial score (nSPS) is 10.3. The number of nitrogens with one attached hydrogen (secondary N) is 1. The standard InChI is InChI=1S/C18H21NO4/c1-22-16-7-6-14(17(11-16)23-2)8-9-19-12-13-4-3-5-15(10-13)18(20)21/h3-7,10-11,19H,8-9,12H2,1-2H3,(H,20,21). The van der Waals surface area contributed by atoms with Crippen molar-refractivity contribution in [1.82, 2.24) is 5.32 Å². The molecule has 2 N–H and O–H groups in total. The molecule has 0 saturated carbocycles. The fraction of sp³-hybridized carbons (Fsp3) is 0.278. The largest absolute Gasteiger partial charge is 0.497 e. The maximum Gasteiger partial charge on any atom is 0.335 e. The van der Waals surface area contributed by atoms with Crippen molar-refractivity contribution in [2.75, 3.05) is 20.8 Å². The SMILES string of the molecule is COc1ccc(CCNCc2cccc(C(=O)O)c2)c(OC)c1. The Morgan fingerprint density at radius 1 is 1.13 bits per heavy atom. The summed E-state index contributed by atoms with van der Waals surface area (Å²) in [7, 11) is 3.27. The Balaban J connectivity index is 1.88. The molecule has 0 aromatic heterocycles. The minimum absolute atomic E-state index is 0.307. The maximum absolute atomic E-state index is 10.9. The summed E-state index contributed by atoms with van der Waals surface area (Å²) in [5, 5.41) is 12.3. The molecule has 23 heavy (non-hydrogen) atoms. The molecule has 5 heteroatoms. The molecule has 2 rings (SSSR count). The van der Waals surface area contributed by atoms with Crippen LogP contribution in [0.4, 0.5) is 0 Å². The number of ether oxygens (including phenoxy) is 2. The molecule has 0 aliphatic rings. The fourth-order valence-electron chi connectivity index (χ4n) is 2.33. The van der Waals surface area contributed by atoms with Crippen molar-refractivity contribution in [2.24, 2.45) is 0 Å². The van der Waals surface area contributed by atoms with Gasteiger partial charge in [-0.1, -0.05) is 18.2 Å². The monoisotopic (exact) mass is 315 g/mol. The van der Waals surface area contributed by atoms with E-state index in [1.54, 1.807) is 32.4 Å². The molecule has 0 saturated heterocycles. The predicted octanol–water partition coefficient (Wildman–Crippen LogP) is 2.73. The van der Waals surface area contributed by atoms with E-state index < -0.39 is 5.97 Å². The van der Waals surface area contributed by atoms with Crippen LogP contribution in [-0.4, -0.2) is 31.8 Å². The van der Waals surface area contributed by atoms with Crippen LogP contribution in [0.15, 0.2) is 42.5 Å². The van der Waals surface area contributed by atoms with Gasteiger partial charge in [0.25, 0.3) is 0 Å². The highest BCUT2D eigenvalue weighted by Gasteiger charge is 2.05. The van der Waals surface area contributed by atoms with E-state index in [2.05, 4.69) is 5.32 Å². The molecule has 0 atom stereocenters. The zero-order valence-corrected chi connectivity index (χ0v) is 13.3. The van der Waals surface area contributed by atoms with E-state index in [9.17, 15) is 4.79 Å². The van der Waals surface area contributed by atoms with Crippen LogP contribution in [-0.2, 0) is 13.0 Å². The van der Waals surface area contributed by atoms with Gasteiger partial charge in [0, 0.05) is 12.6 Å². The van der Waals surface area contributed by atoms with Crippen LogP contribution in [0.3, 0.4) is 0 Å².